The van der Waals surface area contributed by atoms with Gasteiger partial charge >= 0.3 is 46.2 Å². The molecule has 0 heterocycles. The Morgan fingerprint density at radius 1 is 0.778 bits per heavy atom. The van der Waals surface area contributed by atoms with E-state index in [9.17, 15) is 0 Å². The van der Waals surface area contributed by atoms with Crippen LogP contribution in [0.15, 0.2) is 0 Å². The summed E-state index contributed by atoms with van der Waals surface area (Å²) in [6.07, 6.45) is -3.50. The van der Waals surface area contributed by atoms with Crippen molar-refractivity contribution < 1.29 is 60.5 Å². The van der Waals surface area contributed by atoms with Crippen molar-refractivity contribution in [3.8, 4) is 0 Å². The Morgan fingerprint density at radius 2 is 0.778 bits per heavy atom. The Hall–Kier alpha value is 0.505. The van der Waals surface area contributed by atoms with Crippen molar-refractivity contribution in [3.05, 3.63) is 0 Å². The van der Waals surface area contributed by atoms with Crippen molar-refractivity contribution in [1.29, 1.82) is 0 Å². The van der Waals surface area contributed by atoms with E-state index < -0.39 is 6.16 Å². The number of aliphatic hydroxyl groups is 4. The predicted octanol–water partition coefficient (Wildman–Crippen LogP) is -2.68. The van der Waals surface area contributed by atoms with Gasteiger partial charge in [-0.2, -0.15) is 0 Å². The Kier molecular flexibility index (Phi) is 20.4. The molecule has 0 aromatic rings. The summed E-state index contributed by atoms with van der Waals surface area (Å²) in [6, 6.07) is 0. The topological polar surface area (TPSA) is 115 Å². The molecule has 0 aliphatic carbocycles. The molecule has 0 atom stereocenters. The Bertz CT molecular complexity index is 41.5. The summed E-state index contributed by atoms with van der Waals surface area (Å²) in [7, 11) is 0. The van der Waals surface area contributed by atoms with E-state index >= 15 is 0 Å². The molecule has 0 fully saturated rings. The van der Waals surface area contributed by atoms with Gasteiger partial charge in [0.1, 0.15) is 0 Å². The van der Waals surface area contributed by atoms with Crippen LogP contribution in [0.3, 0.4) is 0 Å². The second-order valence-electron chi connectivity index (χ2n) is 0.600. The monoisotopic (exact) mass is 216 g/mol. The van der Waals surface area contributed by atoms with E-state index in [-0.39, 0.29) is 0 Å². The van der Waals surface area contributed by atoms with Gasteiger partial charge in [0.2, 0.25) is 0 Å². The third-order valence-corrected chi connectivity index (χ3v) is 0. The van der Waals surface area contributed by atoms with E-state index in [1.807, 2.05) is 0 Å². The number of hydrogen-bond acceptors (Lipinski definition) is 6. The van der Waals surface area contributed by atoms with Gasteiger partial charge in [-0.25, -0.2) is 0 Å². The van der Waals surface area contributed by atoms with Gasteiger partial charge in [0, 0.05) is 0 Å². The zero-order valence-electron chi connectivity index (χ0n) is 3.92. The van der Waals surface area contributed by atoms with Crippen molar-refractivity contribution in [3.63, 3.8) is 0 Å². The second kappa shape index (κ2) is 11.3. The molecule has 0 amide bonds. The minimum absolute atomic E-state index is 1.38. The molecular formula is CH4Cr2O6. The summed E-state index contributed by atoms with van der Waals surface area (Å²) in [6.45, 7) is 0. The molecule has 8 heteroatoms. The SMILES string of the molecule is OC(O)(O)O.[O]=[Cr].[O]=[Cr]. The summed E-state index contributed by atoms with van der Waals surface area (Å²) < 4.78 is 16.2. The first-order valence-electron chi connectivity index (χ1n) is 1.23. The molecular weight excluding hydrogens is 212 g/mol. The summed E-state index contributed by atoms with van der Waals surface area (Å²) >= 11 is 2.75. The molecule has 0 saturated heterocycles. The predicted molar refractivity (Wildman–Crippen MR) is 13.0 cm³/mol. The van der Waals surface area contributed by atoms with Crippen LogP contribution in [-0.2, 0) is 40.1 Å². The van der Waals surface area contributed by atoms with Gasteiger partial charge < -0.3 is 20.4 Å². The van der Waals surface area contributed by atoms with E-state index in [1.54, 1.807) is 0 Å². The van der Waals surface area contributed by atoms with Gasteiger partial charge in [0.05, 0.1) is 0 Å². The average Bonchev–Trinajstić information content (AvgIpc) is 1.72. The molecule has 0 saturated carbocycles. The Balaban J connectivity index is -0.0000000771. The number of hydrogen-bond donors (Lipinski definition) is 4. The van der Waals surface area contributed by atoms with Crippen molar-refractivity contribution >= 4 is 0 Å². The van der Waals surface area contributed by atoms with Crippen LogP contribution in [0.4, 0.5) is 0 Å². The molecule has 9 heavy (non-hydrogen) atoms. The third kappa shape index (κ3) is 1410. The van der Waals surface area contributed by atoms with E-state index in [0.717, 1.165) is 0 Å². The second-order valence-corrected chi connectivity index (χ2v) is 0.600. The molecule has 0 aliphatic heterocycles. The molecule has 0 rings (SSSR count). The number of rotatable bonds is 0. The molecule has 0 aliphatic rings. The van der Waals surface area contributed by atoms with Crippen molar-refractivity contribution in [1.82, 2.24) is 0 Å². The van der Waals surface area contributed by atoms with Gasteiger partial charge in [0.25, 0.3) is 0 Å². The van der Waals surface area contributed by atoms with E-state index in [4.69, 9.17) is 28.0 Å². The fourth-order valence-corrected chi connectivity index (χ4v) is 0. The quantitative estimate of drug-likeness (QED) is 0.328. The maximum atomic E-state index is 8.12. The van der Waals surface area contributed by atoms with Crippen molar-refractivity contribution in [2.45, 2.75) is 6.16 Å². The molecule has 0 spiro atoms. The zero-order chi connectivity index (χ0) is 8.50. The van der Waals surface area contributed by atoms with Crippen LogP contribution >= 0.6 is 0 Å². The third-order valence-electron chi connectivity index (χ3n) is 0. The minimum atomic E-state index is -3.50. The van der Waals surface area contributed by atoms with Crippen LogP contribution in [0.2, 0.25) is 0 Å². The molecule has 0 unspecified atom stereocenters. The zero-order valence-corrected chi connectivity index (χ0v) is 6.47. The fraction of sp³-hybridized carbons (Fsp3) is 1.00. The van der Waals surface area contributed by atoms with Crippen LogP contribution in [0.1, 0.15) is 0 Å². The van der Waals surface area contributed by atoms with Crippen molar-refractivity contribution in [2.75, 3.05) is 0 Å². The summed E-state index contributed by atoms with van der Waals surface area (Å²) in [4.78, 5) is 0. The van der Waals surface area contributed by atoms with Gasteiger partial charge in [-0.05, 0) is 0 Å². The normalized spacial score (nSPS) is 7.56. The van der Waals surface area contributed by atoms with Gasteiger partial charge in [0.15, 0.2) is 0 Å². The molecule has 6 nitrogen and oxygen atoms in total. The van der Waals surface area contributed by atoms with E-state index in [1.165, 1.54) is 32.4 Å². The molecule has 4 N–H and O–H groups in total. The van der Waals surface area contributed by atoms with E-state index in [2.05, 4.69) is 0 Å². The molecule has 0 aromatic heterocycles. The van der Waals surface area contributed by atoms with Gasteiger partial charge in [-0.1, -0.05) is 0 Å². The van der Waals surface area contributed by atoms with Gasteiger partial charge in [-0.3, -0.25) is 0 Å². The standard InChI is InChI=1S/CH4O4.2Cr.2O/c2-1(3,4)5;;;;/h2-5H;;;;. The molecule has 0 bridgehead atoms. The van der Waals surface area contributed by atoms with E-state index in [0.29, 0.717) is 0 Å². The molecule has 0 radical (unpaired) electrons. The Morgan fingerprint density at radius 3 is 0.778 bits per heavy atom. The first-order chi connectivity index (χ1) is 4.00. The van der Waals surface area contributed by atoms with Crippen LogP contribution in [0.5, 0.6) is 0 Å². The molecule has 0 aromatic carbocycles. The average molecular weight is 216 g/mol. The summed E-state index contributed by atoms with van der Waals surface area (Å²) in [5, 5.41) is 28.8. The summed E-state index contributed by atoms with van der Waals surface area (Å²) in [5.41, 5.74) is 0. The maximum absolute atomic E-state index is 8.12. The van der Waals surface area contributed by atoms with Crippen LogP contribution in [0, 0.1) is 0 Å². The van der Waals surface area contributed by atoms with Crippen molar-refractivity contribution in [2.24, 2.45) is 0 Å². The first kappa shape index (κ1) is 16.2. The molecule has 56 valence electrons. The van der Waals surface area contributed by atoms with Crippen LogP contribution in [0.25, 0.3) is 0 Å². The van der Waals surface area contributed by atoms with Crippen LogP contribution in [-0.4, -0.2) is 26.6 Å². The first-order valence-corrected chi connectivity index (χ1v) is 2.27. The van der Waals surface area contributed by atoms with Gasteiger partial charge in [-0.15, -0.1) is 0 Å². The Labute approximate surface area is 67.0 Å². The summed E-state index contributed by atoms with van der Waals surface area (Å²) in [5.74, 6) is 0. The fourth-order valence-electron chi connectivity index (χ4n) is 0. The van der Waals surface area contributed by atoms with Crippen LogP contribution < -0.4 is 0 Å².